The van der Waals surface area contributed by atoms with E-state index < -0.39 is 5.60 Å². The maximum absolute atomic E-state index is 12.7. The number of aryl methyl sites for hydroxylation is 1. The summed E-state index contributed by atoms with van der Waals surface area (Å²) in [6, 6.07) is 15.0. The molecule has 2 aromatic rings. The Bertz CT molecular complexity index is 877. The minimum absolute atomic E-state index is 0.117. The van der Waals surface area contributed by atoms with Crippen LogP contribution in [0.5, 0.6) is 0 Å². The molecule has 0 aromatic heterocycles. The molecule has 0 saturated heterocycles. The van der Waals surface area contributed by atoms with Gasteiger partial charge in [-0.1, -0.05) is 49.0 Å². The summed E-state index contributed by atoms with van der Waals surface area (Å²) in [5.41, 5.74) is 2.34. The van der Waals surface area contributed by atoms with Crippen LogP contribution in [0.25, 0.3) is 0 Å². The van der Waals surface area contributed by atoms with Crippen molar-refractivity contribution in [1.82, 2.24) is 4.90 Å². The van der Waals surface area contributed by atoms with Gasteiger partial charge in [-0.05, 0) is 41.7 Å². The van der Waals surface area contributed by atoms with Crippen molar-refractivity contribution in [3.8, 4) is 0 Å². The van der Waals surface area contributed by atoms with E-state index in [0.29, 0.717) is 12.1 Å². The molecule has 0 aliphatic heterocycles. The van der Waals surface area contributed by atoms with Crippen molar-refractivity contribution in [1.29, 1.82) is 0 Å². The summed E-state index contributed by atoms with van der Waals surface area (Å²) in [4.78, 5) is 25.9. The number of rotatable bonds is 6. The van der Waals surface area contributed by atoms with Gasteiger partial charge in [0.1, 0.15) is 5.60 Å². The van der Waals surface area contributed by atoms with Crippen LogP contribution in [0.2, 0.25) is 0 Å². The molecule has 2 aromatic carbocycles. The van der Waals surface area contributed by atoms with Crippen molar-refractivity contribution in [3.05, 3.63) is 77.9 Å². The zero-order valence-electron chi connectivity index (χ0n) is 15.4. The molecule has 5 nitrogen and oxygen atoms in total. The molecule has 0 fully saturated rings. The Labute approximate surface area is 159 Å². The number of fused-ring (bicyclic) bond motifs is 1. The van der Waals surface area contributed by atoms with Gasteiger partial charge in [0, 0.05) is 12.7 Å². The first-order valence-corrected chi connectivity index (χ1v) is 8.99. The highest BCUT2D eigenvalue weighted by molar-refractivity contribution is 5.99. The van der Waals surface area contributed by atoms with Gasteiger partial charge >= 0.3 is 0 Å². The number of anilines is 1. The molecule has 5 heteroatoms. The summed E-state index contributed by atoms with van der Waals surface area (Å²) in [6.45, 7) is 3.68. The standard InChI is InChI=1S/C22H24N2O3/c1-3-20(25)23-19-11-7-5-9-17(19)14-21(26)24(2)15-22(27)13-12-16-8-4-6-10-18(16)22/h3-11,27H,1,12-15H2,2H3,(H,23,25). The lowest BCUT2D eigenvalue weighted by atomic mass is 9.95. The smallest absolute Gasteiger partial charge is 0.247 e. The molecule has 0 bridgehead atoms. The third-order valence-corrected chi connectivity index (χ3v) is 5.05. The summed E-state index contributed by atoms with van der Waals surface area (Å²) in [6.07, 6.45) is 2.75. The van der Waals surface area contributed by atoms with E-state index in [0.717, 1.165) is 23.1 Å². The largest absolute Gasteiger partial charge is 0.383 e. The van der Waals surface area contributed by atoms with Crippen molar-refractivity contribution in [3.63, 3.8) is 0 Å². The second-order valence-electron chi connectivity index (χ2n) is 6.97. The van der Waals surface area contributed by atoms with Crippen molar-refractivity contribution in [2.24, 2.45) is 0 Å². The van der Waals surface area contributed by atoms with Crippen LogP contribution in [0.1, 0.15) is 23.1 Å². The maximum Gasteiger partial charge on any atom is 0.247 e. The van der Waals surface area contributed by atoms with Gasteiger partial charge in [0.15, 0.2) is 0 Å². The number of hydrogen-bond donors (Lipinski definition) is 2. The maximum atomic E-state index is 12.7. The summed E-state index contributed by atoms with van der Waals surface area (Å²) in [7, 11) is 1.70. The van der Waals surface area contributed by atoms with E-state index in [4.69, 9.17) is 0 Å². The van der Waals surface area contributed by atoms with Crippen molar-refractivity contribution >= 4 is 17.5 Å². The van der Waals surface area contributed by atoms with Gasteiger partial charge in [0.05, 0.1) is 13.0 Å². The molecular weight excluding hydrogens is 340 g/mol. The average molecular weight is 364 g/mol. The number of benzene rings is 2. The minimum Gasteiger partial charge on any atom is -0.383 e. The van der Waals surface area contributed by atoms with Gasteiger partial charge < -0.3 is 15.3 Å². The number of nitrogens with zero attached hydrogens (tertiary/aromatic N) is 1. The lowest BCUT2D eigenvalue weighted by Gasteiger charge is -2.30. The Balaban J connectivity index is 1.71. The Morgan fingerprint density at radius 3 is 2.70 bits per heavy atom. The van der Waals surface area contributed by atoms with E-state index in [1.807, 2.05) is 36.4 Å². The molecule has 0 heterocycles. The van der Waals surface area contributed by atoms with Crippen molar-refractivity contribution in [2.45, 2.75) is 24.9 Å². The number of carbonyl (C=O) groups excluding carboxylic acids is 2. The fourth-order valence-corrected chi connectivity index (χ4v) is 3.59. The van der Waals surface area contributed by atoms with Crippen LogP contribution in [0.3, 0.4) is 0 Å². The van der Waals surface area contributed by atoms with Crippen LogP contribution in [-0.4, -0.2) is 35.4 Å². The second-order valence-corrected chi connectivity index (χ2v) is 6.97. The van der Waals surface area contributed by atoms with E-state index in [2.05, 4.69) is 11.9 Å². The highest BCUT2D eigenvalue weighted by Gasteiger charge is 2.38. The third-order valence-electron chi connectivity index (χ3n) is 5.05. The van der Waals surface area contributed by atoms with Crippen LogP contribution >= 0.6 is 0 Å². The molecule has 140 valence electrons. The lowest BCUT2D eigenvalue weighted by molar-refractivity contribution is -0.132. The van der Waals surface area contributed by atoms with Crippen LogP contribution in [0.4, 0.5) is 5.69 Å². The molecule has 27 heavy (non-hydrogen) atoms. The third kappa shape index (κ3) is 4.09. The molecule has 3 rings (SSSR count). The predicted octanol–water partition coefficient (Wildman–Crippen LogP) is 2.65. The molecule has 1 aliphatic carbocycles. The van der Waals surface area contributed by atoms with Gasteiger partial charge in [-0.3, -0.25) is 9.59 Å². The molecule has 0 spiro atoms. The van der Waals surface area contributed by atoms with Crippen LogP contribution < -0.4 is 5.32 Å². The highest BCUT2D eigenvalue weighted by Crippen LogP contribution is 2.37. The second kappa shape index (κ2) is 7.76. The Hall–Kier alpha value is -2.92. The number of hydrogen-bond acceptors (Lipinski definition) is 3. The van der Waals surface area contributed by atoms with E-state index in [1.165, 1.54) is 6.08 Å². The van der Waals surface area contributed by atoms with Crippen LogP contribution in [0, 0.1) is 0 Å². The van der Waals surface area contributed by atoms with Gasteiger partial charge in [-0.2, -0.15) is 0 Å². The summed E-state index contributed by atoms with van der Waals surface area (Å²) in [5, 5.41) is 13.8. The Morgan fingerprint density at radius 1 is 1.22 bits per heavy atom. The van der Waals surface area contributed by atoms with Crippen LogP contribution in [-0.2, 0) is 28.0 Å². The van der Waals surface area contributed by atoms with Gasteiger partial charge in [-0.25, -0.2) is 0 Å². The van der Waals surface area contributed by atoms with Gasteiger partial charge in [-0.15, -0.1) is 0 Å². The molecule has 0 saturated carbocycles. The van der Waals surface area contributed by atoms with Crippen LogP contribution in [0.15, 0.2) is 61.2 Å². The molecule has 2 amide bonds. The topological polar surface area (TPSA) is 69.6 Å². The summed E-state index contributed by atoms with van der Waals surface area (Å²) < 4.78 is 0. The average Bonchev–Trinajstić information content (AvgIpc) is 3.00. The van der Waals surface area contributed by atoms with Crippen molar-refractivity contribution < 1.29 is 14.7 Å². The van der Waals surface area contributed by atoms with Gasteiger partial charge in [0.25, 0.3) is 0 Å². The fourth-order valence-electron chi connectivity index (χ4n) is 3.59. The summed E-state index contributed by atoms with van der Waals surface area (Å²) in [5.74, 6) is -0.437. The molecule has 2 N–H and O–H groups in total. The molecular formula is C22H24N2O3. The van der Waals surface area contributed by atoms with Crippen molar-refractivity contribution in [2.75, 3.05) is 18.9 Å². The first-order chi connectivity index (χ1) is 12.9. The number of para-hydroxylation sites is 1. The SMILES string of the molecule is C=CC(=O)Nc1ccccc1CC(=O)N(C)CC1(O)CCc2ccccc21. The fraction of sp³-hybridized carbons (Fsp3) is 0.273. The molecule has 1 atom stereocenters. The number of amides is 2. The number of likely N-dealkylation sites (N-methyl/N-ethyl adjacent to an activating group) is 1. The number of carbonyl (C=O) groups is 2. The van der Waals surface area contributed by atoms with E-state index in [1.54, 1.807) is 24.1 Å². The minimum atomic E-state index is -1.02. The van der Waals surface area contributed by atoms with Gasteiger partial charge in [0.2, 0.25) is 11.8 Å². The zero-order chi connectivity index (χ0) is 19.4. The predicted molar refractivity (Wildman–Crippen MR) is 105 cm³/mol. The summed E-state index contributed by atoms with van der Waals surface area (Å²) >= 11 is 0. The monoisotopic (exact) mass is 364 g/mol. The quantitative estimate of drug-likeness (QED) is 0.774. The van der Waals surface area contributed by atoms with E-state index in [9.17, 15) is 14.7 Å². The molecule has 1 unspecified atom stereocenters. The Morgan fingerprint density at radius 2 is 1.93 bits per heavy atom. The highest BCUT2D eigenvalue weighted by atomic mass is 16.3. The molecule has 1 aliphatic rings. The Kier molecular flexibility index (Phi) is 5.42. The molecule has 0 radical (unpaired) electrons. The number of aliphatic hydroxyl groups is 1. The lowest BCUT2D eigenvalue weighted by Crippen LogP contribution is -2.41. The normalized spacial score (nSPS) is 17.9. The first kappa shape index (κ1) is 18.9. The van der Waals surface area contributed by atoms with E-state index >= 15 is 0 Å². The van der Waals surface area contributed by atoms with E-state index in [-0.39, 0.29) is 24.8 Å². The zero-order valence-corrected chi connectivity index (χ0v) is 15.4. The number of nitrogens with one attached hydrogen (secondary N) is 1. The first-order valence-electron chi connectivity index (χ1n) is 8.99.